The molecule has 17 heavy (non-hydrogen) atoms. The zero-order chi connectivity index (χ0) is 12.1. The number of hydrogen-bond acceptors (Lipinski definition) is 2. The van der Waals surface area contributed by atoms with Crippen LogP contribution in [0.3, 0.4) is 0 Å². The molecular weight excluding hydrogens is 232 g/mol. The maximum atomic E-state index is 8.92. The van der Waals surface area contributed by atoms with Crippen molar-refractivity contribution in [1.82, 2.24) is 4.98 Å². The maximum absolute atomic E-state index is 8.92. The van der Waals surface area contributed by atoms with Crippen LogP contribution < -0.4 is 0 Å². The Bertz CT molecular complexity index is 597. The topological polar surface area (TPSA) is 36.7 Å². The molecule has 0 aliphatic rings. The van der Waals surface area contributed by atoms with Crippen LogP contribution in [0.1, 0.15) is 16.8 Å². The number of nitrogens with zero attached hydrogens (tertiary/aromatic N) is 2. The SMILES string of the molecule is N#Cc1cccnc1C=Cc1ccccc1Cl. The van der Waals surface area contributed by atoms with Gasteiger partial charge in [-0.1, -0.05) is 35.9 Å². The third kappa shape index (κ3) is 2.72. The van der Waals surface area contributed by atoms with Gasteiger partial charge in [0.05, 0.1) is 11.3 Å². The standard InChI is InChI=1S/C14H9ClN2/c15-13-6-2-1-4-11(13)7-8-14-12(10-16)5-3-9-17-14/h1-9H. The van der Waals surface area contributed by atoms with Gasteiger partial charge in [-0.2, -0.15) is 5.26 Å². The van der Waals surface area contributed by atoms with Crippen LogP contribution in [0.5, 0.6) is 0 Å². The van der Waals surface area contributed by atoms with Crippen molar-refractivity contribution < 1.29 is 0 Å². The van der Waals surface area contributed by atoms with Crippen molar-refractivity contribution in [3.8, 4) is 6.07 Å². The maximum Gasteiger partial charge on any atom is 0.101 e. The van der Waals surface area contributed by atoms with Crippen molar-refractivity contribution in [2.24, 2.45) is 0 Å². The summed E-state index contributed by atoms with van der Waals surface area (Å²) < 4.78 is 0. The van der Waals surface area contributed by atoms with E-state index in [2.05, 4.69) is 11.1 Å². The smallest absolute Gasteiger partial charge is 0.101 e. The lowest BCUT2D eigenvalue weighted by Gasteiger charge is -1.98. The van der Waals surface area contributed by atoms with Gasteiger partial charge < -0.3 is 0 Å². The highest BCUT2D eigenvalue weighted by atomic mass is 35.5. The van der Waals surface area contributed by atoms with E-state index in [1.165, 1.54) is 0 Å². The Morgan fingerprint density at radius 3 is 2.71 bits per heavy atom. The van der Waals surface area contributed by atoms with E-state index < -0.39 is 0 Å². The molecule has 0 aliphatic heterocycles. The molecular formula is C14H9ClN2. The van der Waals surface area contributed by atoms with Crippen LogP contribution in [0.4, 0.5) is 0 Å². The summed E-state index contributed by atoms with van der Waals surface area (Å²) in [5.74, 6) is 0. The lowest BCUT2D eigenvalue weighted by Crippen LogP contribution is -1.85. The molecule has 0 atom stereocenters. The van der Waals surface area contributed by atoms with Gasteiger partial charge in [0.15, 0.2) is 0 Å². The van der Waals surface area contributed by atoms with Crippen molar-refractivity contribution in [3.63, 3.8) is 0 Å². The van der Waals surface area contributed by atoms with Gasteiger partial charge in [-0.3, -0.25) is 4.98 Å². The fourth-order valence-electron chi connectivity index (χ4n) is 1.42. The van der Waals surface area contributed by atoms with Crippen molar-refractivity contribution in [3.05, 3.63) is 64.4 Å². The van der Waals surface area contributed by atoms with Gasteiger partial charge in [0.1, 0.15) is 6.07 Å². The molecule has 0 aliphatic carbocycles. The number of rotatable bonds is 2. The van der Waals surface area contributed by atoms with Gasteiger partial charge in [0.25, 0.3) is 0 Å². The molecule has 1 heterocycles. The highest BCUT2D eigenvalue weighted by Gasteiger charge is 1.98. The zero-order valence-corrected chi connectivity index (χ0v) is 9.72. The van der Waals surface area contributed by atoms with E-state index >= 15 is 0 Å². The van der Waals surface area contributed by atoms with Gasteiger partial charge in [0.2, 0.25) is 0 Å². The minimum atomic E-state index is 0.552. The van der Waals surface area contributed by atoms with Crippen molar-refractivity contribution in [2.45, 2.75) is 0 Å². The van der Waals surface area contributed by atoms with Crippen LogP contribution in [0.25, 0.3) is 12.2 Å². The summed E-state index contributed by atoms with van der Waals surface area (Å²) >= 11 is 6.03. The average Bonchev–Trinajstić information content (AvgIpc) is 2.38. The van der Waals surface area contributed by atoms with Crippen LogP contribution in [-0.2, 0) is 0 Å². The quantitative estimate of drug-likeness (QED) is 0.801. The molecule has 2 aromatic rings. The predicted octanol–water partition coefficient (Wildman–Crippen LogP) is 3.78. The molecule has 0 radical (unpaired) electrons. The van der Waals surface area contributed by atoms with Gasteiger partial charge in [0, 0.05) is 11.2 Å². The molecule has 0 amide bonds. The summed E-state index contributed by atoms with van der Waals surface area (Å²) in [5, 5.41) is 9.60. The summed E-state index contributed by atoms with van der Waals surface area (Å²) in [6.07, 6.45) is 5.30. The van der Waals surface area contributed by atoms with Gasteiger partial charge in [-0.15, -0.1) is 0 Å². The number of hydrogen-bond donors (Lipinski definition) is 0. The molecule has 82 valence electrons. The Morgan fingerprint density at radius 2 is 1.94 bits per heavy atom. The van der Waals surface area contributed by atoms with E-state index in [1.807, 2.05) is 30.3 Å². The van der Waals surface area contributed by atoms with Crippen LogP contribution in [-0.4, -0.2) is 4.98 Å². The van der Waals surface area contributed by atoms with Crippen LogP contribution in [0.2, 0.25) is 5.02 Å². The highest BCUT2D eigenvalue weighted by Crippen LogP contribution is 2.18. The van der Waals surface area contributed by atoms with Gasteiger partial charge in [-0.05, 0) is 29.8 Å². The molecule has 0 fully saturated rings. The normalized spacial score (nSPS) is 10.4. The molecule has 0 saturated heterocycles. The Balaban J connectivity index is 2.33. The van der Waals surface area contributed by atoms with Crippen molar-refractivity contribution >= 4 is 23.8 Å². The van der Waals surface area contributed by atoms with E-state index in [0.29, 0.717) is 16.3 Å². The Labute approximate surface area is 105 Å². The van der Waals surface area contributed by atoms with E-state index in [9.17, 15) is 0 Å². The van der Waals surface area contributed by atoms with E-state index in [0.717, 1.165) is 5.56 Å². The predicted molar refractivity (Wildman–Crippen MR) is 69.3 cm³/mol. The summed E-state index contributed by atoms with van der Waals surface area (Å²) in [6, 6.07) is 13.1. The molecule has 0 unspecified atom stereocenters. The fourth-order valence-corrected chi connectivity index (χ4v) is 1.62. The first-order chi connectivity index (χ1) is 8.31. The first kappa shape index (κ1) is 11.4. The summed E-state index contributed by atoms with van der Waals surface area (Å²) in [5.41, 5.74) is 2.11. The molecule has 0 spiro atoms. The zero-order valence-electron chi connectivity index (χ0n) is 8.97. The number of nitriles is 1. The number of aromatic nitrogens is 1. The largest absolute Gasteiger partial charge is 0.256 e. The molecule has 1 aromatic heterocycles. The lowest BCUT2D eigenvalue weighted by atomic mass is 10.1. The van der Waals surface area contributed by atoms with E-state index in [-0.39, 0.29) is 0 Å². The first-order valence-electron chi connectivity index (χ1n) is 5.09. The van der Waals surface area contributed by atoms with Crippen molar-refractivity contribution in [1.29, 1.82) is 5.26 Å². The summed E-state index contributed by atoms with van der Waals surface area (Å²) in [6.45, 7) is 0. The van der Waals surface area contributed by atoms with Crippen LogP contribution in [0.15, 0.2) is 42.6 Å². The number of pyridine rings is 1. The van der Waals surface area contributed by atoms with Gasteiger partial charge in [-0.25, -0.2) is 0 Å². The molecule has 2 nitrogen and oxygen atoms in total. The van der Waals surface area contributed by atoms with E-state index in [1.54, 1.807) is 24.4 Å². The average molecular weight is 241 g/mol. The molecule has 2 rings (SSSR count). The summed E-state index contributed by atoms with van der Waals surface area (Å²) in [7, 11) is 0. The number of benzene rings is 1. The second-order valence-electron chi connectivity index (χ2n) is 3.40. The molecule has 3 heteroatoms. The van der Waals surface area contributed by atoms with Crippen LogP contribution in [0, 0.1) is 11.3 Å². The third-order valence-corrected chi connectivity index (χ3v) is 2.63. The third-order valence-electron chi connectivity index (χ3n) is 2.28. The second kappa shape index (κ2) is 5.29. The first-order valence-corrected chi connectivity index (χ1v) is 5.47. The minimum absolute atomic E-state index is 0.552. The van der Waals surface area contributed by atoms with Crippen LogP contribution >= 0.6 is 11.6 Å². The summed E-state index contributed by atoms with van der Waals surface area (Å²) in [4.78, 5) is 4.14. The number of halogens is 1. The van der Waals surface area contributed by atoms with E-state index in [4.69, 9.17) is 16.9 Å². The van der Waals surface area contributed by atoms with Crippen molar-refractivity contribution in [2.75, 3.05) is 0 Å². The lowest BCUT2D eigenvalue weighted by molar-refractivity contribution is 1.27. The monoisotopic (exact) mass is 240 g/mol. The Kier molecular flexibility index (Phi) is 3.54. The molecule has 0 bridgehead atoms. The Morgan fingerprint density at radius 1 is 1.12 bits per heavy atom. The molecule has 1 aromatic carbocycles. The Hall–Kier alpha value is -2.11. The van der Waals surface area contributed by atoms with Gasteiger partial charge >= 0.3 is 0 Å². The molecule has 0 saturated carbocycles. The fraction of sp³-hybridized carbons (Fsp3) is 0. The minimum Gasteiger partial charge on any atom is -0.256 e. The highest BCUT2D eigenvalue weighted by molar-refractivity contribution is 6.32. The molecule has 0 N–H and O–H groups in total. The second-order valence-corrected chi connectivity index (χ2v) is 3.81.